The van der Waals surface area contributed by atoms with Gasteiger partial charge in [-0.15, -0.1) is 0 Å². The molecule has 0 radical (unpaired) electrons. The first-order valence-corrected chi connectivity index (χ1v) is 11.1. The lowest BCUT2D eigenvalue weighted by Gasteiger charge is -2.32. The molecule has 7 heteroatoms. The zero-order chi connectivity index (χ0) is 20.8. The number of aliphatic carboxylic acids is 1. The number of rotatable bonds is 6. The molecule has 3 rings (SSSR count). The van der Waals surface area contributed by atoms with E-state index in [1.807, 2.05) is 0 Å². The Morgan fingerprint density at radius 3 is 1.28 bits per heavy atom. The van der Waals surface area contributed by atoms with Crippen LogP contribution in [0.1, 0.15) is 77.0 Å². The van der Waals surface area contributed by atoms with Crippen molar-refractivity contribution in [2.45, 2.75) is 95.4 Å². The normalized spacial score (nSPS) is 35.5. The summed E-state index contributed by atoms with van der Waals surface area (Å²) in [6.07, 6.45) is 8.61. The highest BCUT2D eigenvalue weighted by molar-refractivity contribution is 5.74. The molecule has 0 aromatic carbocycles. The van der Waals surface area contributed by atoms with Gasteiger partial charge in [0.2, 0.25) is 0 Å². The minimum absolute atomic E-state index is 0.0231. The van der Waals surface area contributed by atoms with Crippen molar-refractivity contribution in [3.63, 3.8) is 0 Å². The monoisotopic (exact) mass is 410 g/mol. The molecule has 0 heterocycles. The summed E-state index contributed by atoms with van der Waals surface area (Å²) in [6, 6.07) is 0. The van der Waals surface area contributed by atoms with E-state index in [1.165, 1.54) is 0 Å². The van der Waals surface area contributed by atoms with Gasteiger partial charge in [-0.25, -0.2) is 0 Å². The lowest BCUT2D eigenvalue weighted by atomic mass is 9.85. The number of carboxylic acids is 1. The van der Waals surface area contributed by atoms with Gasteiger partial charge >= 0.3 is 17.9 Å². The minimum Gasteiger partial charge on any atom is -0.481 e. The van der Waals surface area contributed by atoms with Gasteiger partial charge in [0.15, 0.2) is 0 Å². The van der Waals surface area contributed by atoms with Gasteiger partial charge in [-0.2, -0.15) is 0 Å². The zero-order valence-corrected chi connectivity index (χ0v) is 17.3. The van der Waals surface area contributed by atoms with Crippen molar-refractivity contribution >= 4 is 17.9 Å². The second kappa shape index (κ2) is 10.4. The van der Waals surface area contributed by atoms with Gasteiger partial charge in [-0.1, -0.05) is 0 Å². The molecule has 0 unspecified atom stereocenters. The number of carbonyl (C=O) groups is 3. The molecule has 7 nitrogen and oxygen atoms in total. The lowest BCUT2D eigenvalue weighted by molar-refractivity contribution is -0.162. The van der Waals surface area contributed by atoms with Crippen molar-refractivity contribution in [1.29, 1.82) is 0 Å². The SMILES string of the molecule is COC1CCC(C(=O)OC2CCC(C(=O)OC3CCC(C(=O)O)CC3)CC2)CC1. The summed E-state index contributed by atoms with van der Waals surface area (Å²) in [5.41, 5.74) is 0. The maximum Gasteiger partial charge on any atom is 0.309 e. The summed E-state index contributed by atoms with van der Waals surface area (Å²) >= 11 is 0. The predicted molar refractivity (Wildman–Crippen MR) is 104 cm³/mol. The summed E-state index contributed by atoms with van der Waals surface area (Å²) < 4.78 is 16.7. The molecule has 0 aromatic heterocycles. The van der Waals surface area contributed by atoms with Crippen molar-refractivity contribution in [2.75, 3.05) is 7.11 Å². The van der Waals surface area contributed by atoms with Crippen molar-refractivity contribution in [3.8, 4) is 0 Å². The van der Waals surface area contributed by atoms with Crippen LogP contribution >= 0.6 is 0 Å². The molecule has 0 saturated heterocycles. The molecule has 0 bridgehead atoms. The van der Waals surface area contributed by atoms with Crippen LogP contribution in [0.5, 0.6) is 0 Å². The number of methoxy groups -OCH3 is 1. The molecular weight excluding hydrogens is 376 g/mol. The first-order valence-electron chi connectivity index (χ1n) is 11.1. The molecule has 1 N–H and O–H groups in total. The molecule has 3 aliphatic carbocycles. The van der Waals surface area contributed by atoms with Crippen molar-refractivity contribution in [2.24, 2.45) is 17.8 Å². The average Bonchev–Trinajstić information content (AvgIpc) is 2.74. The Morgan fingerprint density at radius 1 is 0.586 bits per heavy atom. The number of hydrogen-bond acceptors (Lipinski definition) is 6. The van der Waals surface area contributed by atoms with E-state index in [2.05, 4.69) is 0 Å². The maximum absolute atomic E-state index is 12.5. The van der Waals surface area contributed by atoms with E-state index in [1.54, 1.807) is 7.11 Å². The molecule has 0 atom stereocenters. The Morgan fingerprint density at radius 2 is 0.931 bits per heavy atom. The van der Waals surface area contributed by atoms with Crippen LogP contribution in [0.4, 0.5) is 0 Å². The fraction of sp³-hybridized carbons (Fsp3) is 0.864. The van der Waals surface area contributed by atoms with Gasteiger partial charge in [-0.05, 0) is 77.0 Å². The molecule has 0 aliphatic heterocycles. The third kappa shape index (κ3) is 6.17. The van der Waals surface area contributed by atoms with Gasteiger partial charge in [0, 0.05) is 7.11 Å². The Balaban J connectivity index is 1.34. The highest BCUT2D eigenvalue weighted by Crippen LogP contribution is 2.32. The minimum atomic E-state index is -0.755. The van der Waals surface area contributed by atoms with E-state index in [0.717, 1.165) is 25.7 Å². The second-order valence-corrected chi connectivity index (χ2v) is 8.87. The fourth-order valence-electron chi connectivity index (χ4n) is 4.90. The van der Waals surface area contributed by atoms with E-state index in [9.17, 15) is 14.4 Å². The van der Waals surface area contributed by atoms with E-state index in [0.29, 0.717) is 51.4 Å². The van der Waals surface area contributed by atoms with Gasteiger partial charge in [-0.3, -0.25) is 14.4 Å². The number of esters is 2. The highest BCUT2D eigenvalue weighted by atomic mass is 16.5. The van der Waals surface area contributed by atoms with Crippen LogP contribution in [-0.4, -0.2) is 48.4 Å². The Hall–Kier alpha value is -1.63. The summed E-state index contributed by atoms with van der Waals surface area (Å²) in [5, 5.41) is 9.05. The molecule has 0 spiro atoms. The number of ether oxygens (including phenoxy) is 3. The molecule has 3 fully saturated rings. The summed E-state index contributed by atoms with van der Waals surface area (Å²) in [6.45, 7) is 0. The van der Waals surface area contributed by atoms with Gasteiger partial charge in [0.05, 0.1) is 23.9 Å². The van der Waals surface area contributed by atoms with Crippen LogP contribution in [0.2, 0.25) is 0 Å². The first-order chi connectivity index (χ1) is 14.0. The third-order valence-electron chi connectivity index (χ3n) is 6.94. The Labute approximate surface area is 172 Å². The predicted octanol–water partition coefficient (Wildman–Crippen LogP) is 3.48. The summed E-state index contributed by atoms with van der Waals surface area (Å²) in [4.78, 5) is 35.9. The van der Waals surface area contributed by atoms with Crippen molar-refractivity contribution in [1.82, 2.24) is 0 Å². The third-order valence-corrected chi connectivity index (χ3v) is 6.94. The maximum atomic E-state index is 12.5. The van der Waals surface area contributed by atoms with Crippen LogP contribution in [0.25, 0.3) is 0 Å². The van der Waals surface area contributed by atoms with Crippen molar-refractivity contribution in [3.05, 3.63) is 0 Å². The molecule has 0 aromatic rings. The number of carboxylic acid groups (broad SMARTS) is 1. The van der Waals surface area contributed by atoms with E-state index >= 15 is 0 Å². The van der Waals surface area contributed by atoms with Gasteiger partial charge in [0.1, 0.15) is 12.2 Å². The summed E-state index contributed by atoms with van der Waals surface area (Å²) in [7, 11) is 1.72. The molecule has 29 heavy (non-hydrogen) atoms. The van der Waals surface area contributed by atoms with Crippen LogP contribution < -0.4 is 0 Å². The van der Waals surface area contributed by atoms with E-state index in [-0.39, 0.29) is 48.0 Å². The molecule has 3 aliphatic rings. The van der Waals surface area contributed by atoms with Crippen LogP contribution in [0, 0.1) is 17.8 Å². The highest BCUT2D eigenvalue weighted by Gasteiger charge is 2.34. The molecule has 164 valence electrons. The second-order valence-electron chi connectivity index (χ2n) is 8.87. The summed E-state index contributed by atoms with van der Waals surface area (Å²) in [5.74, 6) is -1.49. The van der Waals surface area contributed by atoms with Gasteiger partial charge in [0.25, 0.3) is 0 Å². The number of hydrogen-bond donors (Lipinski definition) is 1. The average molecular weight is 411 g/mol. The zero-order valence-electron chi connectivity index (χ0n) is 17.3. The largest absolute Gasteiger partial charge is 0.481 e. The number of carbonyl (C=O) groups excluding carboxylic acids is 2. The van der Waals surface area contributed by atoms with Gasteiger partial charge < -0.3 is 19.3 Å². The quantitative estimate of drug-likeness (QED) is 0.669. The Kier molecular flexibility index (Phi) is 7.92. The van der Waals surface area contributed by atoms with E-state index in [4.69, 9.17) is 19.3 Å². The smallest absolute Gasteiger partial charge is 0.309 e. The molecular formula is C22H34O7. The fourth-order valence-corrected chi connectivity index (χ4v) is 4.90. The first kappa shape index (κ1) is 22.1. The van der Waals surface area contributed by atoms with Crippen molar-refractivity contribution < 1.29 is 33.7 Å². The van der Waals surface area contributed by atoms with Crippen LogP contribution in [0.15, 0.2) is 0 Å². The van der Waals surface area contributed by atoms with E-state index < -0.39 is 5.97 Å². The topological polar surface area (TPSA) is 99.1 Å². The Bertz CT molecular complexity index is 566. The molecule has 0 amide bonds. The lowest BCUT2D eigenvalue weighted by Crippen LogP contribution is -2.34. The van der Waals surface area contributed by atoms with Crippen LogP contribution in [0.3, 0.4) is 0 Å². The van der Waals surface area contributed by atoms with Crippen LogP contribution in [-0.2, 0) is 28.6 Å². The molecule has 3 saturated carbocycles. The standard InChI is InChI=1S/C22H34O7/c1-27-17-8-4-15(5-9-17)21(25)29-19-12-6-16(7-13-19)22(26)28-18-10-2-14(3-11-18)20(23)24/h14-19H,2-13H2,1H3,(H,23,24).